The highest BCUT2D eigenvalue weighted by atomic mass is 35.5. The fourth-order valence-corrected chi connectivity index (χ4v) is 1.48. The molecule has 76 valence electrons. The minimum atomic E-state index is 0.0870. The van der Waals surface area contributed by atoms with Gasteiger partial charge in [0.2, 0.25) is 0 Å². The Balaban J connectivity index is 2.75. The normalized spacial score (nSPS) is 12.5. The molecule has 0 amide bonds. The van der Waals surface area contributed by atoms with E-state index in [0.717, 1.165) is 29.0 Å². The minimum absolute atomic E-state index is 0.0870. The first-order valence-electron chi connectivity index (χ1n) is 4.77. The van der Waals surface area contributed by atoms with Gasteiger partial charge in [-0.25, -0.2) is 0 Å². The summed E-state index contributed by atoms with van der Waals surface area (Å²) in [6.07, 6.45) is 3.77. The molecule has 0 saturated carbocycles. The number of nitrogens with two attached hydrogens (primary N) is 1. The molecular weight excluding hydrogens is 194 g/mol. The molecule has 0 aliphatic carbocycles. The van der Waals surface area contributed by atoms with Crippen LogP contribution in [0.4, 0.5) is 0 Å². The van der Waals surface area contributed by atoms with Crippen molar-refractivity contribution in [2.24, 2.45) is 5.73 Å². The van der Waals surface area contributed by atoms with Crippen LogP contribution in [0, 0.1) is 6.92 Å². The first-order chi connectivity index (χ1) is 6.65. The highest BCUT2D eigenvalue weighted by molar-refractivity contribution is 6.31. The van der Waals surface area contributed by atoms with Gasteiger partial charge in [-0.15, -0.1) is 6.58 Å². The van der Waals surface area contributed by atoms with Gasteiger partial charge in [0.1, 0.15) is 0 Å². The third-order valence-corrected chi connectivity index (χ3v) is 2.72. The van der Waals surface area contributed by atoms with E-state index >= 15 is 0 Å². The van der Waals surface area contributed by atoms with Gasteiger partial charge >= 0.3 is 0 Å². The second-order valence-corrected chi connectivity index (χ2v) is 3.89. The maximum Gasteiger partial charge on any atom is 0.0435 e. The second kappa shape index (κ2) is 5.18. The third kappa shape index (κ3) is 2.86. The highest BCUT2D eigenvalue weighted by Crippen LogP contribution is 2.22. The first-order valence-corrected chi connectivity index (χ1v) is 5.15. The lowest BCUT2D eigenvalue weighted by atomic mass is 10.0. The number of allylic oxidation sites excluding steroid dienone is 1. The van der Waals surface area contributed by atoms with Crippen LogP contribution in [0.2, 0.25) is 5.02 Å². The average molecular weight is 210 g/mol. The Morgan fingerprint density at radius 2 is 2.29 bits per heavy atom. The fourth-order valence-electron chi connectivity index (χ4n) is 1.36. The van der Waals surface area contributed by atoms with Gasteiger partial charge in [0.15, 0.2) is 0 Å². The van der Waals surface area contributed by atoms with Crippen LogP contribution in [0.15, 0.2) is 30.9 Å². The Hall–Kier alpha value is -0.790. The number of hydrogen-bond acceptors (Lipinski definition) is 1. The van der Waals surface area contributed by atoms with Crippen LogP contribution in [-0.2, 0) is 0 Å². The Kier molecular flexibility index (Phi) is 4.18. The number of hydrogen-bond donors (Lipinski definition) is 1. The van der Waals surface area contributed by atoms with Crippen molar-refractivity contribution in [3.63, 3.8) is 0 Å². The maximum atomic E-state index is 6.01. The molecule has 1 aromatic rings. The molecule has 0 spiro atoms. The zero-order chi connectivity index (χ0) is 10.6. The lowest BCUT2D eigenvalue weighted by Crippen LogP contribution is -2.09. The van der Waals surface area contributed by atoms with Crippen LogP contribution >= 0.6 is 11.6 Å². The molecule has 0 heterocycles. The average Bonchev–Trinajstić information content (AvgIpc) is 2.18. The molecule has 0 bridgehead atoms. The largest absolute Gasteiger partial charge is 0.324 e. The van der Waals surface area contributed by atoms with Gasteiger partial charge in [0, 0.05) is 11.1 Å². The number of aryl methyl sites for hydroxylation is 1. The molecule has 1 rings (SSSR count). The molecule has 0 saturated heterocycles. The standard InChI is InChI=1S/C12H16ClN/c1-3-4-5-12(14)10-6-7-11(13)9(2)8-10/h3,6-8,12H,1,4-5,14H2,2H3/t12-/m1/s1. The van der Waals surface area contributed by atoms with Gasteiger partial charge in [0.25, 0.3) is 0 Å². The van der Waals surface area contributed by atoms with Crippen LogP contribution in [0.25, 0.3) is 0 Å². The molecule has 0 fully saturated rings. The van der Waals surface area contributed by atoms with E-state index in [-0.39, 0.29) is 6.04 Å². The van der Waals surface area contributed by atoms with E-state index in [1.807, 2.05) is 25.1 Å². The Bertz CT molecular complexity index is 320. The second-order valence-electron chi connectivity index (χ2n) is 3.48. The third-order valence-electron chi connectivity index (χ3n) is 2.29. The van der Waals surface area contributed by atoms with Crippen LogP contribution in [0.5, 0.6) is 0 Å². The van der Waals surface area contributed by atoms with Crippen molar-refractivity contribution in [3.8, 4) is 0 Å². The number of benzene rings is 1. The van der Waals surface area contributed by atoms with Gasteiger partial charge in [0.05, 0.1) is 0 Å². The van der Waals surface area contributed by atoms with Crippen LogP contribution in [0.1, 0.15) is 30.0 Å². The zero-order valence-electron chi connectivity index (χ0n) is 8.46. The molecular formula is C12H16ClN. The van der Waals surface area contributed by atoms with Gasteiger partial charge in [-0.3, -0.25) is 0 Å². The fraction of sp³-hybridized carbons (Fsp3) is 0.333. The summed E-state index contributed by atoms with van der Waals surface area (Å²) in [5.74, 6) is 0. The smallest absolute Gasteiger partial charge is 0.0435 e. The summed E-state index contributed by atoms with van der Waals surface area (Å²) >= 11 is 5.93. The lowest BCUT2D eigenvalue weighted by molar-refractivity contribution is 0.661. The van der Waals surface area contributed by atoms with E-state index in [1.54, 1.807) is 0 Å². The molecule has 0 radical (unpaired) electrons. The van der Waals surface area contributed by atoms with Crippen molar-refractivity contribution >= 4 is 11.6 Å². The van der Waals surface area contributed by atoms with E-state index in [4.69, 9.17) is 17.3 Å². The van der Waals surface area contributed by atoms with Gasteiger partial charge in [-0.1, -0.05) is 29.8 Å². The van der Waals surface area contributed by atoms with Crippen molar-refractivity contribution in [1.29, 1.82) is 0 Å². The molecule has 14 heavy (non-hydrogen) atoms. The molecule has 1 nitrogen and oxygen atoms in total. The van der Waals surface area contributed by atoms with Crippen molar-refractivity contribution in [1.82, 2.24) is 0 Å². The van der Waals surface area contributed by atoms with Gasteiger partial charge < -0.3 is 5.73 Å². The summed E-state index contributed by atoms with van der Waals surface area (Å²) in [4.78, 5) is 0. The predicted octanol–water partition coefficient (Wildman–Crippen LogP) is 3.61. The molecule has 0 unspecified atom stereocenters. The lowest BCUT2D eigenvalue weighted by Gasteiger charge is -2.11. The molecule has 0 aromatic heterocycles. The molecule has 1 atom stereocenters. The van der Waals surface area contributed by atoms with Gasteiger partial charge in [-0.05, 0) is 37.0 Å². The van der Waals surface area contributed by atoms with Crippen molar-refractivity contribution in [2.75, 3.05) is 0 Å². The number of rotatable bonds is 4. The van der Waals surface area contributed by atoms with Crippen LogP contribution < -0.4 is 5.73 Å². The first kappa shape index (κ1) is 11.3. The van der Waals surface area contributed by atoms with Gasteiger partial charge in [-0.2, -0.15) is 0 Å². The summed E-state index contributed by atoms with van der Waals surface area (Å²) in [7, 11) is 0. The maximum absolute atomic E-state index is 6.01. The van der Waals surface area contributed by atoms with E-state index in [1.165, 1.54) is 0 Å². The summed E-state index contributed by atoms with van der Waals surface area (Å²) in [5, 5.41) is 0.796. The summed E-state index contributed by atoms with van der Waals surface area (Å²) < 4.78 is 0. The Morgan fingerprint density at radius 1 is 1.57 bits per heavy atom. The molecule has 2 N–H and O–H groups in total. The Morgan fingerprint density at radius 3 is 2.86 bits per heavy atom. The quantitative estimate of drug-likeness (QED) is 0.754. The summed E-state index contributed by atoms with van der Waals surface area (Å²) in [5.41, 5.74) is 8.24. The molecule has 0 aliphatic heterocycles. The van der Waals surface area contributed by atoms with E-state index in [9.17, 15) is 0 Å². The van der Waals surface area contributed by atoms with E-state index in [0.29, 0.717) is 0 Å². The van der Waals surface area contributed by atoms with E-state index in [2.05, 4.69) is 12.6 Å². The summed E-state index contributed by atoms with van der Waals surface area (Å²) in [6.45, 7) is 5.67. The SMILES string of the molecule is C=CCC[C@@H](N)c1ccc(Cl)c(C)c1. The van der Waals surface area contributed by atoms with Crippen molar-refractivity contribution in [3.05, 3.63) is 47.0 Å². The Labute approximate surface area is 90.6 Å². The monoisotopic (exact) mass is 209 g/mol. The zero-order valence-corrected chi connectivity index (χ0v) is 9.22. The van der Waals surface area contributed by atoms with Crippen molar-refractivity contribution < 1.29 is 0 Å². The highest BCUT2D eigenvalue weighted by Gasteiger charge is 2.05. The molecule has 1 aromatic carbocycles. The molecule has 0 aliphatic rings. The summed E-state index contributed by atoms with van der Waals surface area (Å²) in [6, 6.07) is 6.03. The van der Waals surface area contributed by atoms with Crippen LogP contribution in [0.3, 0.4) is 0 Å². The number of halogens is 1. The van der Waals surface area contributed by atoms with E-state index < -0.39 is 0 Å². The predicted molar refractivity (Wildman–Crippen MR) is 62.5 cm³/mol. The van der Waals surface area contributed by atoms with Crippen LogP contribution in [-0.4, -0.2) is 0 Å². The topological polar surface area (TPSA) is 26.0 Å². The molecule has 2 heteroatoms. The minimum Gasteiger partial charge on any atom is -0.324 e. The van der Waals surface area contributed by atoms with Crippen molar-refractivity contribution in [2.45, 2.75) is 25.8 Å².